The monoisotopic (exact) mass is 282 g/mol. The molecular weight excluding hydrogens is 272 g/mol. The van der Waals surface area contributed by atoms with Gasteiger partial charge >= 0.3 is 4.87 Å². The molecule has 0 radical (unpaired) electrons. The van der Waals surface area contributed by atoms with Gasteiger partial charge in [0.2, 0.25) is 5.88 Å². The second-order valence-corrected chi connectivity index (χ2v) is 5.21. The van der Waals surface area contributed by atoms with E-state index in [1.807, 2.05) is 24.3 Å². The molecule has 1 aliphatic heterocycles. The topological polar surface area (TPSA) is 54.6 Å². The molecule has 20 heavy (non-hydrogen) atoms. The number of fused-ring (bicyclic) bond motifs is 1. The summed E-state index contributed by atoms with van der Waals surface area (Å²) in [5.41, 5.74) is 2.73. The van der Waals surface area contributed by atoms with E-state index in [1.54, 1.807) is 12.3 Å². The van der Waals surface area contributed by atoms with E-state index in [-0.39, 0.29) is 17.3 Å². The van der Waals surface area contributed by atoms with Gasteiger partial charge in [-0.05, 0) is 12.1 Å². The maximum Gasteiger partial charge on any atom is 0.311 e. The Morgan fingerprint density at radius 1 is 1.45 bits per heavy atom. The van der Waals surface area contributed by atoms with Crippen molar-refractivity contribution in [1.82, 2.24) is 4.57 Å². The van der Waals surface area contributed by atoms with Gasteiger partial charge in [-0.25, -0.2) is 0 Å². The van der Waals surface area contributed by atoms with Crippen LogP contribution >= 0.6 is 11.3 Å². The molecule has 2 heterocycles. The predicted octanol–water partition coefficient (Wildman–Crippen LogP) is 2.51. The molecule has 1 aromatic heterocycles. The fourth-order valence-electron chi connectivity index (χ4n) is 2.03. The Morgan fingerprint density at radius 3 is 3.05 bits per heavy atom. The minimum absolute atomic E-state index is 0.0645. The van der Waals surface area contributed by atoms with Gasteiger partial charge in [0, 0.05) is 17.4 Å². The summed E-state index contributed by atoms with van der Waals surface area (Å²) in [7, 11) is 0. The zero-order valence-corrected chi connectivity index (χ0v) is 11.2. The molecule has 4 nitrogen and oxygen atoms in total. The van der Waals surface area contributed by atoms with Crippen LogP contribution in [0.4, 0.5) is 5.69 Å². The summed E-state index contributed by atoms with van der Waals surface area (Å²) >= 11 is 0.966. The lowest BCUT2D eigenvalue weighted by Crippen LogP contribution is -2.10. The first-order chi connectivity index (χ1) is 9.70. The van der Waals surface area contributed by atoms with Crippen molar-refractivity contribution in [3.05, 3.63) is 44.4 Å². The predicted molar refractivity (Wildman–Crippen MR) is 81.5 cm³/mol. The maximum atomic E-state index is 11.7. The number of nitrogens with zero attached hydrogens (tertiary/aromatic N) is 2. The van der Waals surface area contributed by atoms with Crippen molar-refractivity contribution in [1.29, 1.82) is 0 Å². The van der Waals surface area contributed by atoms with Crippen LogP contribution in [0.15, 0.2) is 34.1 Å². The Labute approximate surface area is 119 Å². The molecule has 0 saturated carbocycles. The van der Waals surface area contributed by atoms with E-state index in [0.717, 1.165) is 28.2 Å². The average molecular weight is 282 g/mol. The largest absolute Gasteiger partial charge is 0.493 e. The fraction of sp³-hybridized carbons (Fsp3) is 0.0667. The number of thiazole rings is 1. The number of rotatable bonds is 2. The van der Waals surface area contributed by atoms with Gasteiger partial charge in [0.25, 0.3) is 0 Å². The summed E-state index contributed by atoms with van der Waals surface area (Å²) in [6.07, 6.45) is 8.66. The molecule has 0 spiro atoms. The number of terminal acetylenes is 1. The van der Waals surface area contributed by atoms with Crippen LogP contribution in [0.2, 0.25) is 0 Å². The lowest BCUT2D eigenvalue weighted by Gasteiger charge is -1.99. The number of para-hydroxylation sites is 1. The number of allylic oxidation sites excluding steroid dienone is 1. The summed E-state index contributed by atoms with van der Waals surface area (Å²) < 4.78 is 1.18. The lowest BCUT2D eigenvalue weighted by molar-refractivity contribution is 0.423. The summed E-state index contributed by atoms with van der Waals surface area (Å²) in [4.78, 5) is 16.2. The quantitative estimate of drug-likeness (QED) is 0.860. The number of aliphatic imine (C=N–C) groups is 1. The van der Waals surface area contributed by atoms with Crippen LogP contribution in [-0.2, 0) is 6.54 Å². The number of aromatic nitrogens is 1. The highest BCUT2D eigenvalue weighted by atomic mass is 32.1. The van der Waals surface area contributed by atoms with Gasteiger partial charge in [-0.3, -0.25) is 14.4 Å². The number of benzene rings is 1. The Morgan fingerprint density at radius 2 is 2.25 bits per heavy atom. The van der Waals surface area contributed by atoms with E-state index < -0.39 is 0 Å². The minimum Gasteiger partial charge on any atom is -0.493 e. The van der Waals surface area contributed by atoms with Crippen LogP contribution in [0.5, 0.6) is 5.88 Å². The highest BCUT2D eigenvalue weighted by Crippen LogP contribution is 2.34. The summed E-state index contributed by atoms with van der Waals surface area (Å²) in [6, 6.07) is 7.70. The minimum atomic E-state index is -0.268. The van der Waals surface area contributed by atoms with Crippen LogP contribution < -0.4 is 4.87 Å². The van der Waals surface area contributed by atoms with Crippen LogP contribution in [0.3, 0.4) is 0 Å². The SMILES string of the molecule is C#CCn1c(O)c(/C=C2\C=Nc3ccccc32)sc1=O. The smallest absolute Gasteiger partial charge is 0.311 e. The standard InChI is InChI=1S/C15H10N2O2S/c1-2-7-17-14(18)13(20-15(17)19)8-10-9-16-12-6-4-3-5-11(10)12/h1,3-6,8-9,18H,7H2/b10-8+. The van der Waals surface area contributed by atoms with E-state index in [2.05, 4.69) is 10.9 Å². The molecular formula is C15H10N2O2S. The van der Waals surface area contributed by atoms with Gasteiger partial charge in [-0.1, -0.05) is 35.5 Å². The number of hydrogen-bond donors (Lipinski definition) is 1. The second-order valence-electron chi connectivity index (χ2n) is 4.22. The van der Waals surface area contributed by atoms with Crippen molar-refractivity contribution >= 4 is 34.9 Å². The van der Waals surface area contributed by atoms with Gasteiger partial charge in [0.1, 0.15) is 0 Å². The van der Waals surface area contributed by atoms with Crippen LogP contribution in [0, 0.1) is 12.3 Å². The maximum absolute atomic E-state index is 11.7. The van der Waals surface area contributed by atoms with Crippen LogP contribution in [-0.4, -0.2) is 15.9 Å². The first-order valence-corrected chi connectivity index (χ1v) is 6.73. The molecule has 2 aromatic rings. The molecule has 1 aromatic carbocycles. The third kappa shape index (κ3) is 1.96. The van der Waals surface area contributed by atoms with Gasteiger partial charge in [0.05, 0.1) is 17.1 Å². The molecule has 0 amide bonds. The van der Waals surface area contributed by atoms with Crippen LogP contribution in [0.25, 0.3) is 11.6 Å². The molecule has 0 saturated heterocycles. The molecule has 0 fully saturated rings. The molecule has 1 N–H and O–H groups in total. The summed E-state index contributed by atoms with van der Waals surface area (Å²) in [5, 5.41) is 10.0. The van der Waals surface area contributed by atoms with Crippen molar-refractivity contribution in [2.75, 3.05) is 0 Å². The highest BCUT2D eigenvalue weighted by Gasteiger charge is 2.15. The molecule has 0 atom stereocenters. The molecule has 1 aliphatic rings. The van der Waals surface area contributed by atoms with E-state index >= 15 is 0 Å². The van der Waals surface area contributed by atoms with E-state index in [1.165, 1.54) is 4.57 Å². The molecule has 5 heteroatoms. The third-order valence-electron chi connectivity index (χ3n) is 2.99. The fourth-order valence-corrected chi connectivity index (χ4v) is 2.87. The highest BCUT2D eigenvalue weighted by molar-refractivity contribution is 7.10. The Bertz CT molecular complexity index is 834. The Balaban J connectivity index is 2.08. The van der Waals surface area contributed by atoms with Crippen molar-refractivity contribution in [3.63, 3.8) is 0 Å². The third-order valence-corrected chi connectivity index (χ3v) is 3.90. The summed E-state index contributed by atoms with van der Waals surface area (Å²) in [5.74, 6) is 2.26. The molecule has 3 rings (SSSR count). The van der Waals surface area contributed by atoms with E-state index in [9.17, 15) is 9.90 Å². The Kier molecular flexibility index (Phi) is 3.01. The van der Waals surface area contributed by atoms with Crippen molar-refractivity contribution in [2.24, 2.45) is 4.99 Å². The van der Waals surface area contributed by atoms with Crippen molar-refractivity contribution in [3.8, 4) is 18.2 Å². The zero-order valence-electron chi connectivity index (χ0n) is 10.4. The van der Waals surface area contributed by atoms with Crippen molar-refractivity contribution in [2.45, 2.75) is 6.54 Å². The van der Waals surface area contributed by atoms with Gasteiger partial charge in [-0.15, -0.1) is 6.42 Å². The van der Waals surface area contributed by atoms with Gasteiger partial charge in [0.15, 0.2) is 0 Å². The Hall–Kier alpha value is -2.58. The molecule has 98 valence electrons. The molecule has 0 unspecified atom stereocenters. The van der Waals surface area contributed by atoms with Gasteiger partial charge < -0.3 is 5.11 Å². The van der Waals surface area contributed by atoms with Crippen molar-refractivity contribution < 1.29 is 5.11 Å². The molecule has 0 aliphatic carbocycles. The lowest BCUT2D eigenvalue weighted by atomic mass is 10.1. The number of aromatic hydroxyl groups is 1. The first-order valence-electron chi connectivity index (χ1n) is 5.92. The van der Waals surface area contributed by atoms with E-state index in [0.29, 0.717) is 4.88 Å². The molecule has 0 bridgehead atoms. The van der Waals surface area contributed by atoms with Crippen LogP contribution in [0.1, 0.15) is 10.4 Å². The number of hydrogen-bond acceptors (Lipinski definition) is 4. The normalized spacial score (nSPS) is 14.4. The zero-order chi connectivity index (χ0) is 14.1. The second kappa shape index (κ2) is 4.83. The first kappa shape index (κ1) is 12.5. The summed E-state index contributed by atoms with van der Waals surface area (Å²) in [6.45, 7) is 0.0645. The van der Waals surface area contributed by atoms with E-state index in [4.69, 9.17) is 6.42 Å². The van der Waals surface area contributed by atoms with Gasteiger partial charge in [-0.2, -0.15) is 0 Å². The average Bonchev–Trinajstić information content (AvgIpc) is 2.97.